The van der Waals surface area contributed by atoms with E-state index in [1.165, 1.54) is 18.4 Å². The van der Waals surface area contributed by atoms with E-state index in [0.29, 0.717) is 30.0 Å². The number of aliphatic hydroxyl groups excluding tert-OH is 2. The zero-order chi connectivity index (χ0) is 21.6. The van der Waals surface area contributed by atoms with Crippen LogP contribution in [-0.4, -0.2) is 33.3 Å². The first-order valence-electron chi connectivity index (χ1n) is 12.0. The summed E-state index contributed by atoms with van der Waals surface area (Å²) in [6.45, 7) is 0. The second kappa shape index (κ2) is 10.6. The third-order valence-electron chi connectivity index (χ3n) is 7.50. The zero-order valence-corrected chi connectivity index (χ0v) is 18.3. The van der Waals surface area contributed by atoms with Crippen molar-refractivity contribution in [3.05, 3.63) is 48.2 Å². The van der Waals surface area contributed by atoms with Gasteiger partial charge in [0.05, 0.1) is 12.2 Å². The zero-order valence-electron chi connectivity index (χ0n) is 18.3. The Morgan fingerprint density at radius 2 is 2.10 bits per heavy atom. The van der Waals surface area contributed by atoms with Crippen LogP contribution in [0.5, 0.6) is 0 Å². The van der Waals surface area contributed by atoms with Gasteiger partial charge >= 0.3 is 0 Å². The second-order valence-electron chi connectivity index (χ2n) is 9.65. The summed E-state index contributed by atoms with van der Waals surface area (Å²) in [6, 6.07) is 5.48. The van der Waals surface area contributed by atoms with Gasteiger partial charge in [-0.3, -0.25) is 4.79 Å². The highest BCUT2D eigenvalue weighted by Gasteiger charge is 2.45. The predicted octanol–water partition coefficient (Wildman–Crippen LogP) is 4.63. The van der Waals surface area contributed by atoms with Gasteiger partial charge in [0.15, 0.2) is 0 Å². The largest absolute Gasteiger partial charge is 0.392 e. The van der Waals surface area contributed by atoms with Crippen LogP contribution in [0.3, 0.4) is 0 Å². The number of pyridine rings is 1. The van der Waals surface area contributed by atoms with Crippen molar-refractivity contribution in [3.8, 4) is 0 Å². The lowest BCUT2D eigenvalue weighted by Crippen LogP contribution is -2.19. The van der Waals surface area contributed by atoms with E-state index in [9.17, 15) is 15.0 Å². The number of hydrogen-bond donors (Lipinski definition) is 3. The van der Waals surface area contributed by atoms with E-state index in [1.807, 2.05) is 18.2 Å². The molecule has 0 aliphatic heterocycles. The number of nitrogens with zero attached hydrogens (tertiary/aromatic N) is 1. The summed E-state index contributed by atoms with van der Waals surface area (Å²) < 4.78 is 0. The number of fused-ring (bicyclic) bond motifs is 1. The van der Waals surface area contributed by atoms with Gasteiger partial charge in [0.1, 0.15) is 5.82 Å². The number of unbranched alkanes of at least 4 members (excludes halogenated alkanes) is 1. The SMILES string of the molecule is O=C(CCC/C=C1\C[C@H]2C[C@@H](O)[C@H](/C=C/[C@@H](O)C3CCCC3)[C@H]2C1)Nc1ccccn1. The third kappa shape index (κ3) is 5.83. The fourth-order valence-corrected chi connectivity index (χ4v) is 5.85. The summed E-state index contributed by atoms with van der Waals surface area (Å²) in [4.78, 5) is 16.2. The van der Waals surface area contributed by atoms with Gasteiger partial charge in [-0.15, -0.1) is 0 Å². The maximum atomic E-state index is 12.0. The molecule has 1 heterocycles. The minimum absolute atomic E-state index is 0.00883. The van der Waals surface area contributed by atoms with Crippen molar-refractivity contribution in [2.24, 2.45) is 23.7 Å². The Morgan fingerprint density at radius 3 is 2.87 bits per heavy atom. The number of aliphatic hydroxyl groups is 2. The molecule has 3 saturated carbocycles. The monoisotopic (exact) mass is 424 g/mol. The predicted molar refractivity (Wildman–Crippen MR) is 122 cm³/mol. The molecule has 168 valence electrons. The fourth-order valence-electron chi connectivity index (χ4n) is 5.85. The minimum Gasteiger partial charge on any atom is -0.392 e. The molecule has 0 radical (unpaired) electrons. The van der Waals surface area contributed by atoms with Gasteiger partial charge in [-0.1, -0.05) is 42.7 Å². The van der Waals surface area contributed by atoms with Crippen LogP contribution in [0.15, 0.2) is 48.2 Å². The number of nitrogens with one attached hydrogen (secondary N) is 1. The van der Waals surface area contributed by atoms with Gasteiger partial charge in [-0.25, -0.2) is 4.98 Å². The highest BCUT2D eigenvalue weighted by Crippen LogP contribution is 2.50. The molecule has 3 N–H and O–H groups in total. The molecular formula is C26H36N2O3. The van der Waals surface area contributed by atoms with Crippen molar-refractivity contribution in [1.29, 1.82) is 0 Å². The van der Waals surface area contributed by atoms with E-state index >= 15 is 0 Å². The Hall–Kier alpha value is -1.98. The molecule has 1 amide bonds. The van der Waals surface area contributed by atoms with E-state index in [0.717, 1.165) is 44.9 Å². The minimum atomic E-state index is -0.359. The molecular weight excluding hydrogens is 388 g/mol. The molecule has 5 nitrogen and oxygen atoms in total. The summed E-state index contributed by atoms with van der Waals surface area (Å²) in [6.07, 6.45) is 17.3. The van der Waals surface area contributed by atoms with Crippen LogP contribution in [0.2, 0.25) is 0 Å². The Balaban J connectivity index is 1.22. The topological polar surface area (TPSA) is 82.5 Å². The van der Waals surface area contributed by atoms with E-state index in [2.05, 4.69) is 22.5 Å². The molecule has 4 rings (SSSR count). The van der Waals surface area contributed by atoms with Gasteiger partial charge in [-0.05, 0) is 74.8 Å². The summed E-state index contributed by atoms with van der Waals surface area (Å²) in [5.74, 6) is 2.21. The molecule has 5 heteroatoms. The summed E-state index contributed by atoms with van der Waals surface area (Å²) >= 11 is 0. The number of rotatable bonds is 8. The standard InChI is InChI=1S/C26H36N2O3/c29-23(19-8-2-3-9-19)13-12-21-22-16-18(15-20(22)17-24(21)30)7-1-4-11-26(31)28-25-10-5-6-14-27-25/h5-7,10,12-14,19-24,29-30H,1-4,8-9,11,15-17H2,(H,27,28,31)/b13-12+,18-7+/t20-,21+,22-,23+,24+/m0/s1. The number of amides is 1. The molecule has 0 unspecified atom stereocenters. The number of carbonyl (C=O) groups is 1. The average Bonchev–Trinajstić information content (AvgIpc) is 3.48. The van der Waals surface area contributed by atoms with Crippen molar-refractivity contribution in [2.45, 2.75) is 76.4 Å². The van der Waals surface area contributed by atoms with E-state index in [-0.39, 0.29) is 24.0 Å². The first-order chi connectivity index (χ1) is 15.1. The first kappa shape index (κ1) is 22.2. The number of allylic oxidation sites excluding steroid dienone is 2. The van der Waals surface area contributed by atoms with Crippen LogP contribution in [0.25, 0.3) is 0 Å². The maximum absolute atomic E-state index is 12.0. The van der Waals surface area contributed by atoms with Gasteiger partial charge in [0.2, 0.25) is 5.91 Å². The molecule has 1 aromatic heterocycles. The normalized spacial score (nSPS) is 30.8. The molecule has 1 aromatic rings. The Labute approximate surface area is 185 Å². The molecule has 3 aliphatic carbocycles. The van der Waals surface area contributed by atoms with Crippen molar-refractivity contribution >= 4 is 11.7 Å². The number of anilines is 1. The average molecular weight is 425 g/mol. The van der Waals surface area contributed by atoms with Crippen LogP contribution in [-0.2, 0) is 4.79 Å². The molecule has 3 aliphatic rings. The van der Waals surface area contributed by atoms with Crippen LogP contribution in [0.1, 0.15) is 64.2 Å². The molecule has 5 atom stereocenters. The Kier molecular flexibility index (Phi) is 7.57. The summed E-state index contributed by atoms with van der Waals surface area (Å²) in [7, 11) is 0. The second-order valence-corrected chi connectivity index (χ2v) is 9.65. The molecule has 0 saturated heterocycles. The molecule has 0 bridgehead atoms. The smallest absolute Gasteiger partial charge is 0.225 e. The van der Waals surface area contributed by atoms with Crippen LogP contribution >= 0.6 is 0 Å². The molecule has 3 fully saturated rings. The van der Waals surface area contributed by atoms with Crippen LogP contribution in [0.4, 0.5) is 5.82 Å². The lowest BCUT2D eigenvalue weighted by molar-refractivity contribution is -0.116. The van der Waals surface area contributed by atoms with Gasteiger partial charge in [0, 0.05) is 18.5 Å². The van der Waals surface area contributed by atoms with E-state index in [1.54, 1.807) is 12.3 Å². The highest BCUT2D eigenvalue weighted by molar-refractivity contribution is 5.89. The highest BCUT2D eigenvalue weighted by atomic mass is 16.3. The van der Waals surface area contributed by atoms with E-state index in [4.69, 9.17) is 0 Å². The van der Waals surface area contributed by atoms with Gasteiger partial charge < -0.3 is 15.5 Å². The lowest BCUT2D eigenvalue weighted by Gasteiger charge is -2.19. The molecule has 0 spiro atoms. The third-order valence-corrected chi connectivity index (χ3v) is 7.50. The first-order valence-corrected chi connectivity index (χ1v) is 12.0. The summed E-state index contributed by atoms with van der Waals surface area (Å²) in [5.41, 5.74) is 1.47. The quantitative estimate of drug-likeness (QED) is 0.420. The Morgan fingerprint density at radius 1 is 1.26 bits per heavy atom. The number of aromatic nitrogens is 1. The van der Waals surface area contributed by atoms with E-state index < -0.39 is 0 Å². The number of carbonyl (C=O) groups excluding carboxylic acids is 1. The fraction of sp³-hybridized carbons (Fsp3) is 0.615. The van der Waals surface area contributed by atoms with Crippen molar-refractivity contribution < 1.29 is 15.0 Å². The van der Waals surface area contributed by atoms with Crippen molar-refractivity contribution in [2.75, 3.05) is 5.32 Å². The maximum Gasteiger partial charge on any atom is 0.225 e. The Bertz CT molecular complexity index is 785. The van der Waals surface area contributed by atoms with Crippen molar-refractivity contribution in [1.82, 2.24) is 4.98 Å². The number of hydrogen-bond acceptors (Lipinski definition) is 4. The lowest BCUT2D eigenvalue weighted by atomic mass is 9.89. The molecule has 0 aromatic carbocycles. The summed E-state index contributed by atoms with van der Waals surface area (Å²) in [5, 5.41) is 23.8. The van der Waals surface area contributed by atoms with Crippen LogP contribution < -0.4 is 5.32 Å². The van der Waals surface area contributed by atoms with Crippen molar-refractivity contribution in [3.63, 3.8) is 0 Å². The molecule has 31 heavy (non-hydrogen) atoms. The van der Waals surface area contributed by atoms with Gasteiger partial charge in [0.25, 0.3) is 0 Å². The van der Waals surface area contributed by atoms with Crippen LogP contribution in [0, 0.1) is 23.7 Å². The van der Waals surface area contributed by atoms with Gasteiger partial charge in [-0.2, -0.15) is 0 Å².